The van der Waals surface area contributed by atoms with Gasteiger partial charge in [-0.1, -0.05) is 85.4 Å². The zero-order valence-corrected chi connectivity index (χ0v) is 49.5. The highest BCUT2D eigenvalue weighted by Crippen LogP contribution is 2.40. The first-order valence-corrected chi connectivity index (χ1v) is 28.0. The Morgan fingerprint density at radius 3 is 1.62 bits per heavy atom. The summed E-state index contributed by atoms with van der Waals surface area (Å²) >= 11 is 3.32. The van der Waals surface area contributed by atoms with Gasteiger partial charge in [-0.3, -0.25) is 9.59 Å². The number of oxime groups is 1. The first-order valence-electron chi connectivity index (χ1n) is 27.2. The van der Waals surface area contributed by atoms with Crippen LogP contribution in [0.3, 0.4) is 0 Å². The van der Waals surface area contributed by atoms with Crippen molar-refractivity contribution in [2.24, 2.45) is 21.9 Å². The van der Waals surface area contributed by atoms with Crippen molar-refractivity contribution >= 4 is 79.8 Å². The quantitative estimate of drug-likeness (QED) is 0.0799. The molecule has 3 aliphatic heterocycles. The van der Waals surface area contributed by atoms with Gasteiger partial charge in [0.2, 0.25) is 11.8 Å². The van der Waals surface area contributed by atoms with Crippen molar-refractivity contribution in [1.82, 2.24) is 0 Å². The lowest BCUT2D eigenvalue weighted by atomic mass is 9.75. The molecule has 0 bridgehead atoms. The maximum Gasteiger partial charge on any atom is 0.583 e. The van der Waals surface area contributed by atoms with E-state index in [1.165, 1.54) is 25.5 Å². The number of nitrogens with one attached hydrogen (secondary N) is 2. The Hall–Kier alpha value is -6.53. The molecule has 3 aliphatic rings. The molecule has 2 saturated heterocycles. The van der Waals surface area contributed by atoms with Gasteiger partial charge in [-0.2, -0.15) is 0 Å². The first kappa shape index (κ1) is 62.7. The topological polar surface area (TPSA) is 168 Å². The molecule has 2 atom stereocenters. The Morgan fingerprint density at radius 2 is 1.15 bits per heavy atom. The number of piperidine rings is 2. The van der Waals surface area contributed by atoms with Crippen molar-refractivity contribution in [3.8, 4) is 11.1 Å². The van der Waals surface area contributed by atoms with E-state index in [4.69, 9.17) is 13.6 Å². The SMILES string of the molecule is C.CC.CON.Cc1cc(C(C)Nc2cccc(F)c2-c2ccc3c(c2)C=NOB3O)c2oc(N3CCC(C)(C)CC3)c(C)c(=O)c2c1.Cc1cc(C(C)Nc2cccc(F)c2Br)c2oc(N3CCC(C)(C)CC3)c(C)c(=O)c2c1. The molecule has 13 nitrogen and oxygen atoms in total. The molecule has 2 aromatic heterocycles. The zero-order chi connectivity index (χ0) is 57.7. The smallest absolute Gasteiger partial charge is 0.440 e. The molecule has 5 aromatic carbocycles. The fourth-order valence-corrected chi connectivity index (χ4v) is 10.8. The maximum atomic E-state index is 15.4. The fourth-order valence-electron chi connectivity index (χ4n) is 10.4. The van der Waals surface area contributed by atoms with Gasteiger partial charge in [0.05, 0.1) is 57.5 Å². The molecule has 0 radical (unpaired) electrons. The summed E-state index contributed by atoms with van der Waals surface area (Å²) in [5, 5.41) is 21.8. The number of anilines is 4. The summed E-state index contributed by atoms with van der Waals surface area (Å²) in [7, 11) is 0.242. The molecular formula is C63H80BBrF2N6O7. The Bertz CT molecular complexity index is 3470. The van der Waals surface area contributed by atoms with Crippen LogP contribution in [0.15, 0.2) is 107 Å². The van der Waals surface area contributed by atoms with Crippen molar-refractivity contribution in [3.05, 3.63) is 154 Å². The standard InChI is InChI=1S/C33H35BFN3O4.C26H30BrFN2O2.C2H6.CH5NO.CH4/c1-19-15-24(31-25(16-19)30(39)20(2)32(41-31)38-13-11-33(4,5)12-14-38)21(3)37-28-8-6-7-27(35)29(28)22-9-10-26-23(17-22)18-36-42-34(26)40;1-15-13-18(17(3)29-21-8-6-7-20(28)22(21)27)24-19(14-15)23(31)16(2)25(32-24)30-11-9-26(4,5)10-12-30;1-2;1-3-2;/h6-10,15-18,21,37,40H,11-14H2,1-5H3;6-8,13-14,17,29H,9-12H2,1-5H3;1-2H3;2H2,1H3;1H4. The highest BCUT2D eigenvalue weighted by Gasteiger charge is 2.32. The van der Waals surface area contributed by atoms with Crippen LogP contribution in [0.1, 0.15) is 140 Å². The van der Waals surface area contributed by atoms with Gasteiger partial charge in [-0.15, -0.1) is 5.16 Å². The molecule has 0 amide bonds. The van der Waals surface area contributed by atoms with Crippen LogP contribution in [0.25, 0.3) is 33.1 Å². The molecule has 428 valence electrons. The van der Waals surface area contributed by atoms with Gasteiger partial charge in [0.1, 0.15) is 22.8 Å². The second-order valence-corrected chi connectivity index (χ2v) is 23.0. The monoisotopic (exact) mass is 1160 g/mol. The van der Waals surface area contributed by atoms with Gasteiger partial charge in [0, 0.05) is 54.0 Å². The van der Waals surface area contributed by atoms with E-state index in [1.807, 2.05) is 91.8 Å². The lowest BCUT2D eigenvalue weighted by molar-refractivity contribution is 0.206. The van der Waals surface area contributed by atoms with E-state index < -0.39 is 7.12 Å². The van der Waals surface area contributed by atoms with Gasteiger partial charge in [0.15, 0.2) is 10.9 Å². The van der Waals surface area contributed by atoms with E-state index in [9.17, 15) is 19.0 Å². The number of fused-ring (bicyclic) bond motifs is 3. The number of aryl methyl sites for hydroxylation is 2. The predicted molar refractivity (Wildman–Crippen MR) is 330 cm³/mol. The minimum atomic E-state index is -1.16. The van der Waals surface area contributed by atoms with E-state index in [0.717, 1.165) is 74.1 Å². The van der Waals surface area contributed by atoms with Crippen LogP contribution >= 0.6 is 15.9 Å². The van der Waals surface area contributed by atoms with E-state index in [0.29, 0.717) is 88.2 Å². The Labute approximate surface area is 479 Å². The van der Waals surface area contributed by atoms with Gasteiger partial charge in [-0.25, -0.2) is 14.7 Å². The molecule has 0 aliphatic carbocycles. The van der Waals surface area contributed by atoms with Crippen molar-refractivity contribution in [2.45, 2.75) is 128 Å². The van der Waals surface area contributed by atoms with Crippen LogP contribution in [0.5, 0.6) is 0 Å². The van der Waals surface area contributed by atoms with Crippen molar-refractivity contribution in [2.75, 3.05) is 53.7 Å². The van der Waals surface area contributed by atoms with Crippen LogP contribution in [0.4, 0.5) is 31.9 Å². The third kappa shape index (κ3) is 13.8. The highest BCUT2D eigenvalue weighted by atomic mass is 79.9. The number of halogens is 3. The molecule has 0 saturated carbocycles. The summed E-state index contributed by atoms with van der Waals surface area (Å²) in [6, 6.07) is 22.4. The third-order valence-corrected chi connectivity index (χ3v) is 16.0. The van der Waals surface area contributed by atoms with Gasteiger partial charge >= 0.3 is 7.12 Å². The number of hydrogen-bond donors (Lipinski definition) is 4. The van der Waals surface area contributed by atoms with E-state index >= 15 is 4.39 Å². The molecule has 80 heavy (non-hydrogen) atoms. The minimum absolute atomic E-state index is 0. The average molecular weight is 1160 g/mol. The third-order valence-electron chi connectivity index (χ3n) is 15.2. The van der Waals surface area contributed by atoms with Crippen molar-refractivity contribution in [3.63, 3.8) is 0 Å². The summed E-state index contributed by atoms with van der Waals surface area (Å²) in [5.41, 5.74) is 10.1. The molecular weight excluding hydrogens is 1080 g/mol. The van der Waals surface area contributed by atoms with Gasteiger partial charge < -0.3 is 43.9 Å². The second kappa shape index (κ2) is 26.4. The normalized spacial score (nSPS) is 15.8. The molecule has 10 rings (SSSR count). The number of nitrogens with two attached hydrogens (primary N) is 1. The number of nitrogens with zero attached hydrogens (tertiary/aromatic N) is 3. The van der Waals surface area contributed by atoms with Gasteiger partial charge in [0.25, 0.3) is 0 Å². The number of hydrogen-bond acceptors (Lipinski definition) is 13. The molecule has 2 unspecified atom stereocenters. The van der Waals surface area contributed by atoms with E-state index in [1.54, 1.807) is 30.3 Å². The summed E-state index contributed by atoms with van der Waals surface area (Å²) < 4.78 is 47.8. The molecule has 7 aromatic rings. The van der Waals surface area contributed by atoms with Crippen LogP contribution in [-0.4, -0.2) is 51.6 Å². The van der Waals surface area contributed by atoms with Crippen molar-refractivity contribution in [1.29, 1.82) is 0 Å². The van der Waals surface area contributed by atoms with Crippen LogP contribution < -0.4 is 42.7 Å². The summed E-state index contributed by atoms with van der Waals surface area (Å²) in [4.78, 5) is 35.1. The molecule has 17 heteroatoms. The molecule has 5 N–H and O–H groups in total. The Balaban J connectivity index is 0.000000243. The molecule has 2 fully saturated rings. The lowest BCUT2D eigenvalue weighted by Crippen LogP contribution is -2.38. The van der Waals surface area contributed by atoms with Crippen molar-refractivity contribution < 1.29 is 32.2 Å². The van der Waals surface area contributed by atoms with E-state index in [-0.39, 0.29) is 47.4 Å². The highest BCUT2D eigenvalue weighted by molar-refractivity contribution is 9.10. The Kier molecular flexibility index (Phi) is 20.7. The predicted octanol–water partition coefficient (Wildman–Crippen LogP) is 14.3. The summed E-state index contributed by atoms with van der Waals surface area (Å²) in [6.07, 6.45) is 5.67. The molecule has 0 spiro atoms. The number of rotatable bonds is 9. The fraction of sp³-hybridized carbons (Fsp3) is 0.413. The summed E-state index contributed by atoms with van der Waals surface area (Å²) in [5.74, 6) is 4.94. The van der Waals surface area contributed by atoms with Gasteiger partial charge in [-0.05, 0) is 159 Å². The zero-order valence-electron chi connectivity index (χ0n) is 47.9. The average Bonchev–Trinajstić information content (AvgIpc) is 3.58. The minimum Gasteiger partial charge on any atom is -0.440 e. The molecule has 5 heterocycles. The first-order chi connectivity index (χ1) is 37.5. The second-order valence-electron chi connectivity index (χ2n) is 22.3. The van der Waals surface area contributed by atoms with Crippen LogP contribution in [-0.2, 0) is 9.59 Å². The van der Waals surface area contributed by atoms with Crippen LogP contribution in [0.2, 0.25) is 0 Å². The maximum absolute atomic E-state index is 15.4. The summed E-state index contributed by atoms with van der Waals surface area (Å²) in [6.45, 7) is 28.1. The largest absolute Gasteiger partial charge is 0.583 e. The van der Waals surface area contributed by atoms with E-state index in [2.05, 4.69) is 79.9 Å². The lowest BCUT2D eigenvalue weighted by Gasteiger charge is -2.37. The Morgan fingerprint density at radius 1 is 0.713 bits per heavy atom. The number of benzene rings is 5. The van der Waals surface area contributed by atoms with Crippen LogP contribution in [0, 0.1) is 50.2 Å².